The monoisotopic (exact) mass is 246 g/mol. The Balaban J connectivity index is 1.97. The van der Waals surface area contributed by atoms with E-state index in [1.54, 1.807) is 0 Å². The van der Waals surface area contributed by atoms with Crippen molar-refractivity contribution in [1.29, 1.82) is 0 Å². The molecule has 100 valence electrons. The largest absolute Gasteiger partial charge is 0.381 e. The van der Waals surface area contributed by atoms with Crippen molar-refractivity contribution in [1.82, 2.24) is 4.98 Å². The van der Waals surface area contributed by atoms with Gasteiger partial charge in [0.25, 0.3) is 0 Å². The van der Waals surface area contributed by atoms with Crippen LogP contribution in [0.1, 0.15) is 63.8 Å². The van der Waals surface area contributed by atoms with Gasteiger partial charge in [-0.3, -0.25) is 4.98 Å². The molecule has 1 aromatic rings. The standard InChI is InChI=1S/C16H26N2/c1-3-5-7-13-9-11-16-15(17-13)12-10-14(18-16)8-6-4-2/h9,11,14,18H,3-8,10,12H2,1-2H3/t14-/m1/s1. The molecule has 0 saturated heterocycles. The van der Waals surface area contributed by atoms with E-state index in [0.29, 0.717) is 6.04 Å². The highest BCUT2D eigenvalue weighted by Gasteiger charge is 2.18. The minimum atomic E-state index is 0.667. The van der Waals surface area contributed by atoms with Crippen LogP contribution in [0.5, 0.6) is 0 Å². The van der Waals surface area contributed by atoms with Crippen LogP contribution in [0.3, 0.4) is 0 Å². The second kappa shape index (κ2) is 6.77. The zero-order valence-corrected chi connectivity index (χ0v) is 11.8. The number of aromatic nitrogens is 1. The van der Waals surface area contributed by atoms with Gasteiger partial charge in [-0.15, -0.1) is 0 Å². The highest BCUT2D eigenvalue weighted by Crippen LogP contribution is 2.25. The van der Waals surface area contributed by atoms with E-state index in [9.17, 15) is 0 Å². The Kier molecular flexibility index (Phi) is 5.03. The van der Waals surface area contributed by atoms with Crippen molar-refractivity contribution in [2.24, 2.45) is 0 Å². The number of hydrogen-bond acceptors (Lipinski definition) is 2. The average molecular weight is 246 g/mol. The number of unbranched alkanes of at least 4 members (excludes halogenated alkanes) is 2. The summed E-state index contributed by atoms with van der Waals surface area (Å²) < 4.78 is 0. The first-order valence-electron chi connectivity index (χ1n) is 7.58. The molecule has 0 amide bonds. The number of hydrogen-bond donors (Lipinski definition) is 1. The van der Waals surface area contributed by atoms with Gasteiger partial charge in [0.15, 0.2) is 0 Å². The predicted molar refractivity (Wildman–Crippen MR) is 78.1 cm³/mol. The molecule has 1 aromatic heterocycles. The van der Waals surface area contributed by atoms with Crippen LogP contribution in [0, 0.1) is 0 Å². The Hall–Kier alpha value is -1.05. The summed E-state index contributed by atoms with van der Waals surface area (Å²) in [6.45, 7) is 4.50. The maximum absolute atomic E-state index is 4.80. The summed E-state index contributed by atoms with van der Waals surface area (Å²) in [5.74, 6) is 0. The van der Waals surface area contributed by atoms with Gasteiger partial charge in [-0.05, 0) is 44.2 Å². The van der Waals surface area contributed by atoms with Crippen molar-refractivity contribution >= 4 is 5.69 Å². The van der Waals surface area contributed by atoms with Crippen LogP contribution < -0.4 is 5.32 Å². The lowest BCUT2D eigenvalue weighted by atomic mass is 9.97. The topological polar surface area (TPSA) is 24.9 Å². The minimum absolute atomic E-state index is 0.667. The number of pyridine rings is 1. The van der Waals surface area contributed by atoms with Gasteiger partial charge >= 0.3 is 0 Å². The van der Waals surface area contributed by atoms with Crippen LogP contribution in [0.2, 0.25) is 0 Å². The number of aryl methyl sites for hydroxylation is 2. The molecule has 0 saturated carbocycles. The Bertz CT molecular complexity index is 373. The minimum Gasteiger partial charge on any atom is -0.381 e. The maximum atomic E-state index is 4.80. The van der Waals surface area contributed by atoms with Crippen molar-refractivity contribution in [3.05, 3.63) is 23.5 Å². The molecule has 0 fully saturated rings. The molecular weight excluding hydrogens is 220 g/mol. The molecule has 2 heterocycles. The van der Waals surface area contributed by atoms with E-state index in [-0.39, 0.29) is 0 Å². The second-order valence-corrected chi connectivity index (χ2v) is 5.42. The smallest absolute Gasteiger partial charge is 0.0638 e. The Morgan fingerprint density at radius 3 is 2.83 bits per heavy atom. The number of fused-ring (bicyclic) bond motifs is 1. The lowest BCUT2D eigenvalue weighted by Crippen LogP contribution is -2.26. The first kappa shape index (κ1) is 13.4. The zero-order valence-electron chi connectivity index (χ0n) is 11.8. The fraction of sp³-hybridized carbons (Fsp3) is 0.688. The number of anilines is 1. The fourth-order valence-electron chi connectivity index (χ4n) is 2.64. The number of nitrogens with zero attached hydrogens (tertiary/aromatic N) is 1. The molecule has 1 atom stereocenters. The van der Waals surface area contributed by atoms with Gasteiger partial charge in [-0.25, -0.2) is 0 Å². The molecule has 0 unspecified atom stereocenters. The molecule has 0 bridgehead atoms. The van der Waals surface area contributed by atoms with Gasteiger partial charge in [-0.1, -0.05) is 33.1 Å². The van der Waals surface area contributed by atoms with Crippen molar-refractivity contribution < 1.29 is 0 Å². The van der Waals surface area contributed by atoms with E-state index in [0.717, 1.165) is 12.8 Å². The van der Waals surface area contributed by atoms with Gasteiger partial charge in [0.05, 0.1) is 11.4 Å². The Morgan fingerprint density at radius 2 is 2.06 bits per heavy atom. The second-order valence-electron chi connectivity index (χ2n) is 5.42. The van der Waals surface area contributed by atoms with Crippen LogP contribution in [0.4, 0.5) is 5.69 Å². The predicted octanol–water partition coefficient (Wildman–Crippen LogP) is 4.34. The molecule has 1 N–H and O–H groups in total. The summed E-state index contributed by atoms with van der Waals surface area (Å²) in [6, 6.07) is 5.11. The van der Waals surface area contributed by atoms with E-state index in [4.69, 9.17) is 4.98 Å². The van der Waals surface area contributed by atoms with Crippen LogP contribution in [0.15, 0.2) is 12.1 Å². The normalized spacial score (nSPS) is 18.2. The zero-order chi connectivity index (χ0) is 12.8. The molecule has 0 radical (unpaired) electrons. The quantitative estimate of drug-likeness (QED) is 0.807. The van der Waals surface area contributed by atoms with Crippen LogP contribution in [-0.4, -0.2) is 11.0 Å². The molecule has 2 nitrogen and oxygen atoms in total. The molecule has 2 rings (SSSR count). The van der Waals surface area contributed by atoms with E-state index in [1.165, 1.54) is 55.6 Å². The van der Waals surface area contributed by atoms with Crippen molar-refractivity contribution in [2.45, 2.75) is 71.3 Å². The SMILES string of the molecule is CCCCc1ccc2c(n1)CC[C@@H](CCCC)N2. The summed E-state index contributed by atoms with van der Waals surface area (Å²) in [7, 11) is 0. The lowest BCUT2D eigenvalue weighted by Gasteiger charge is -2.26. The molecule has 18 heavy (non-hydrogen) atoms. The molecule has 0 aromatic carbocycles. The van der Waals surface area contributed by atoms with Crippen molar-refractivity contribution in [3.8, 4) is 0 Å². The summed E-state index contributed by atoms with van der Waals surface area (Å²) >= 11 is 0. The Morgan fingerprint density at radius 1 is 1.22 bits per heavy atom. The van der Waals surface area contributed by atoms with E-state index in [2.05, 4.69) is 31.3 Å². The van der Waals surface area contributed by atoms with E-state index in [1.807, 2.05) is 0 Å². The van der Waals surface area contributed by atoms with Gasteiger partial charge in [0.2, 0.25) is 0 Å². The molecule has 2 heteroatoms. The number of rotatable bonds is 6. The third-order valence-electron chi connectivity index (χ3n) is 3.81. The first-order valence-corrected chi connectivity index (χ1v) is 7.58. The van der Waals surface area contributed by atoms with Crippen molar-refractivity contribution in [3.63, 3.8) is 0 Å². The average Bonchev–Trinajstić information content (AvgIpc) is 2.42. The Labute approximate surface area is 111 Å². The molecule has 1 aliphatic rings. The van der Waals surface area contributed by atoms with Gasteiger partial charge in [0, 0.05) is 11.7 Å². The maximum Gasteiger partial charge on any atom is 0.0638 e. The fourth-order valence-corrected chi connectivity index (χ4v) is 2.64. The van der Waals surface area contributed by atoms with Crippen molar-refractivity contribution in [2.75, 3.05) is 5.32 Å². The van der Waals surface area contributed by atoms with Gasteiger partial charge in [-0.2, -0.15) is 0 Å². The van der Waals surface area contributed by atoms with Crippen LogP contribution >= 0.6 is 0 Å². The van der Waals surface area contributed by atoms with Gasteiger partial charge < -0.3 is 5.32 Å². The molecular formula is C16H26N2. The van der Waals surface area contributed by atoms with Crippen LogP contribution in [0.25, 0.3) is 0 Å². The number of nitrogens with one attached hydrogen (secondary N) is 1. The van der Waals surface area contributed by atoms with E-state index >= 15 is 0 Å². The lowest BCUT2D eigenvalue weighted by molar-refractivity contribution is 0.551. The summed E-state index contributed by atoms with van der Waals surface area (Å²) in [5.41, 5.74) is 3.84. The third-order valence-corrected chi connectivity index (χ3v) is 3.81. The van der Waals surface area contributed by atoms with Gasteiger partial charge in [0.1, 0.15) is 0 Å². The van der Waals surface area contributed by atoms with E-state index < -0.39 is 0 Å². The molecule has 0 spiro atoms. The summed E-state index contributed by atoms with van der Waals surface area (Å²) in [6.07, 6.45) is 9.94. The van der Waals surface area contributed by atoms with Crippen LogP contribution in [-0.2, 0) is 12.8 Å². The molecule has 0 aliphatic carbocycles. The summed E-state index contributed by atoms with van der Waals surface area (Å²) in [4.78, 5) is 4.80. The summed E-state index contributed by atoms with van der Waals surface area (Å²) in [5, 5.41) is 3.65. The third kappa shape index (κ3) is 3.47. The highest BCUT2D eigenvalue weighted by atomic mass is 15.0. The first-order chi connectivity index (χ1) is 8.83. The highest BCUT2D eigenvalue weighted by molar-refractivity contribution is 5.51. The molecule has 1 aliphatic heterocycles.